The third kappa shape index (κ3) is 5.04. The van der Waals surface area contributed by atoms with Crippen LogP contribution in [0.2, 0.25) is 0 Å². The van der Waals surface area contributed by atoms with Crippen molar-refractivity contribution in [2.24, 2.45) is 5.92 Å². The Bertz CT molecular complexity index is 833. The Labute approximate surface area is 177 Å². The molecule has 1 N–H and O–H groups in total. The number of nitrogens with one attached hydrogen (secondary N) is 1. The molecule has 1 aromatic heterocycles. The van der Waals surface area contributed by atoms with Gasteiger partial charge in [0.05, 0.1) is 19.8 Å². The van der Waals surface area contributed by atoms with Gasteiger partial charge in [-0.25, -0.2) is 0 Å². The van der Waals surface area contributed by atoms with E-state index in [1.807, 2.05) is 34.6 Å². The first-order valence-electron chi connectivity index (χ1n) is 10.7. The van der Waals surface area contributed by atoms with Crippen LogP contribution in [0.5, 0.6) is 17.2 Å². The summed E-state index contributed by atoms with van der Waals surface area (Å²) in [6, 6.07) is 2.95. The summed E-state index contributed by atoms with van der Waals surface area (Å²) in [6.45, 7) is 11.0. The van der Waals surface area contributed by atoms with Crippen LogP contribution in [-0.2, 0) is 0 Å². The van der Waals surface area contributed by atoms with Gasteiger partial charge in [-0.2, -0.15) is 4.98 Å². The normalized spacial score (nSPS) is 14.5. The van der Waals surface area contributed by atoms with Gasteiger partial charge in [-0.05, 0) is 51.7 Å². The van der Waals surface area contributed by atoms with Crippen molar-refractivity contribution >= 4 is 5.91 Å². The van der Waals surface area contributed by atoms with Crippen LogP contribution >= 0.6 is 0 Å². The number of rotatable bonds is 11. The molecule has 3 rings (SSSR count). The van der Waals surface area contributed by atoms with Crippen LogP contribution in [0, 0.1) is 5.92 Å². The van der Waals surface area contributed by atoms with Crippen molar-refractivity contribution in [2.75, 3.05) is 19.8 Å². The smallest absolute Gasteiger partial charge is 0.252 e. The van der Waals surface area contributed by atoms with Gasteiger partial charge >= 0.3 is 0 Å². The van der Waals surface area contributed by atoms with Crippen LogP contribution in [0.25, 0.3) is 0 Å². The first-order chi connectivity index (χ1) is 14.5. The molecule has 1 aromatic carbocycles. The van der Waals surface area contributed by atoms with E-state index in [2.05, 4.69) is 15.5 Å². The van der Waals surface area contributed by atoms with Crippen LogP contribution < -0.4 is 19.5 Å². The fourth-order valence-corrected chi connectivity index (χ4v) is 3.14. The third-order valence-corrected chi connectivity index (χ3v) is 4.79. The van der Waals surface area contributed by atoms with Gasteiger partial charge in [-0.3, -0.25) is 4.79 Å². The summed E-state index contributed by atoms with van der Waals surface area (Å²) in [6.07, 6.45) is 2.18. The van der Waals surface area contributed by atoms with Crippen molar-refractivity contribution in [1.82, 2.24) is 15.5 Å². The van der Waals surface area contributed by atoms with Gasteiger partial charge in [0.15, 0.2) is 17.3 Å². The Balaban J connectivity index is 1.87. The van der Waals surface area contributed by atoms with E-state index in [0.29, 0.717) is 54.4 Å². The molecule has 1 heterocycles. The minimum atomic E-state index is -0.393. The minimum Gasteiger partial charge on any atom is -0.490 e. The van der Waals surface area contributed by atoms with Gasteiger partial charge in [0.2, 0.25) is 11.6 Å². The predicted octanol–water partition coefficient (Wildman–Crippen LogP) is 4.27. The molecule has 0 bridgehead atoms. The summed E-state index contributed by atoms with van der Waals surface area (Å²) in [4.78, 5) is 17.6. The number of carbonyl (C=O) groups excluding carboxylic acids is 1. The molecular weight excluding hydrogens is 386 g/mol. The molecule has 1 unspecified atom stereocenters. The third-order valence-electron chi connectivity index (χ3n) is 4.79. The Kier molecular flexibility index (Phi) is 7.18. The van der Waals surface area contributed by atoms with Crippen molar-refractivity contribution in [3.05, 3.63) is 29.4 Å². The van der Waals surface area contributed by atoms with Gasteiger partial charge in [0.1, 0.15) is 6.04 Å². The molecule has 1 aliphatic carbocycles. The standard InChI is InChI=1S/C22H31N3O5/c1-6-27-16-11-15(12-17(28-7-2)19(16)29-8-3)21(26)23-18(13(4)5)22-24-20(25-30-22)14-9-10-14/h11-14,18H,6-10H2,1-5H3,(H,23,26). The quantitative estimate of drug-likeness (QED) is 0.583. The summed E-state index contributed by atoms with van der Waals surface area (Å²) >= 11 is 0. The first kappa shape index (κ1) is 21.9. The van der Waals surface area contributed by atoms with Gasteiger partial charge in [-0.15, -0.1) is 0 Å². The average molecular weight is 418 g/mol. The van der Waals surface area contributed by atoms with E-state index in [4.69, 9.17) is 18.7 Å². The summed E-state index contributed by atoms with van der Waals surface area (Å²) in [5.74, 6) is 2.80. The van der Waals surface area contributed by atoms with Crippen molar-refractivity contribution in [3.8, 4) is 17.2 Å². The number of carbonyl (C=O) groups is 1. The highest BCUT2D eigenvalue weighted by atomic mass is 16.5. The highest BCUT2D eigenvalue weighted by Crippen LogP contribution is 2.40. The molecule has 164 valence electrons. The van der Waals surface area contributed by atoms with E-state index in [0.717, 1.165) is 18.7 Å². The maximum atomic E-state index is 13.1. The van der Waals surface area contributed by atoms with Crippen molar-refractivity contribution in [2.45, 2.75) is 59.4 Å². The molecule has 2 aromatic rings. The van der Waals surface area contributed by atoms with Crippen LogP contribution in [-0.4, -0.2) is 35.9 Å². The Hall–Kier alpha value is -2.77. The van der Waals surface area contributed by atoms with Crippen LogP contribution in [0.1, 0.15) is 81.5 Å². The lowest BCUT2D eigenvalue weighted by molar-refractivity contribution is 0.0912. The lowest BCUT2D eigenvalue weighted by Crippen LogP contribution is -2.32. The summed E-state index contributed by atoms with van der Waals surface area (Å²) in [7, 11) is 0. The summed E-state index contributed by atoms with van der Waals surface area (Å²) in [5.41, 5.74) is 0.415. The zero-order valence-corrected chi connectivity index (χ0v) is 18.4. The number of nitrogens with zero attached hydrogens (tertiary/aromatic N) is 2. The van der Waals surface area contributed by atoms with Crippen LogP contribution in [0.3, 0.4) is 0 Å². The number of hydrogen-bond donors (Lipinski definition) is 1. The number of aromatic nitrogens is 2. The lowest BCUT2D eigenvalue weighted by atomic mass is 10.0. The first-order valence-corrected chi connectivity index (χ1v) is 10.7. The lowest BCUT2D eigenvalue weighted by Gasteiger charge is -2.20. The number of benzene rings is 1. The maximum absolute atomic E-state index is 13.1. The second-order valence-corrected chi connectivity index (χ2v) is 7.56. The molecule has 1 atom stereocenters. The fraction of sp³-hybridized carbons (Fsp3) is 0.591. The number of ether oxygens (including phenoxy) is 3. The maximum Gasteiger partial charge on any atom is 0.252 e. The molecule has 0 saturated heterocycles. The largest absolute Gasteiger partial charge is 0.490 e. The molecule has 30 heavy (non-hydrogen) atoms. The van der Waals surface area contributed by atoms with E-state index >= 15 is 0 Å². The van der Waals surface area contributed by atoms with Gasteiger partial charge < -0.3 is 24.1 Å². The molecule has 8 heteroatoms. The van der Waals surface area contributed by atoms with Gasteiger partial charge in [-0.1, -0.05) is 19.0 Å². The Morgan fingerprint density at radius 1 is 1.10 bits per heavy atom. The molecule has 0 spiro atoms. The molecule has 1 fully saturated rings. The van der Waals surface area contributed by atoms with E-state index in [9.17, 15) is 4.79 Å². The minimum absolute atomic E-state index is 0.0712. The van der Waals surface area contributed by atoms with Crippen molar-refractivity contribution in [3.63, 3.8) is 0 Å². The zero-order valence-electron chi connectivity index (χ0n) is 18.4. The van der Waals surface area contributed by atoms with Crippen LogP contribution in [0.15, 0.2) is 16.7 Å². The van der Waals surface area contributed by atoms with Gasteiger partial charge in [0, 0.05) is 11.5 Å². The highest BCUT2D eigenvalue weighted by molar-refractivity contribution is 5.95. The predicted molar refractivity (Wildman–Crippen MR) is 111 cm³/mol. The van der Waals surface area contributed by atoms with Crippen molar-refractivity contribution < 1.29 is 23.5 Å². The second kappa shape index (κ2) is 9.82. The van der Waals surface area contributed by atoms with Crippen molar-refractivity contribution in [1.29, 1.82) is 0 Å². The molecular formula is C22H31N3O5. The molecule has 1 aliphatic rings. The van der Waals surface area contributed by atoms with E-state index in [1.165, 1.54) is 0 Å². The Morgan fingerprint density at radius 2 is 1.70 bits per heavy atom. The van der Waals surface area contributed by atoms with E-state index in [1.54, 1.807) is 12.1 Å². The molecule has 1 amide bonds. The van der Waals surface area contributed by atoms with E-state index < -0.39 is 6.04 Å². The fourth-order valence-electron chi connectivity index (χ4n) is 3.14. The van der Waals surface area contributed by atoms with E-state index in [-0.39, 0.29) is 11.8 Å². The van der Waals surface area contributed by atoms with Gasteiger partial charge in [0.25, 0.3) is 5.91 Å². The molecule has 1 saturated carbocycles. The average Bonchev–Trinajstić information content (AvgIpc) is 3.45. The molecule has 8 nitrogen and oxygen atoms in total. The Morgan fingerprint density at radius 3 is 2.20 bits per heavy atom. The molecule has 0 aliphatic heterocycles. The highest BCUT2D eigenvalue weighted by Gasteiger charge is 2.32. The molecule has 0 radical (unpaired) electrons. The topological polar surface area (TPSA) is 95.7 Å². The second-order valence-electron chi connectivity index (χ2n) is 7.56. The zero-order chi connectivity index (χ0) is 21.7. The number of amides is 1. The SMILES string of the molecule is CCOc1cc(C(=O)NC(c2nc(C3CC3)no2)C(C)C)cc(OCC)c1OCC. The summed E-state index contributed by atoms with van der Waals surface area (Å²) < 4.78 is 22.6. The summed E-state index contributed by atoms with van der Waals surface area (Å²) in [5, 5.41) is 7.10. The number of hydrogen-bond acceptors (Lipinski definition) is 7. The van der Waals surface area contributed by atoms with Crippen LogP contribution in [0.4, 0.5) is 0 Å². The monoisotopic (exact) mass is 417 g/mol.